The number of hydrogen-bond acceptors (Lipinski definition) is 6. The highest BCUT2D eigenvalue weighted by Crippen LogP contribution is 2.14. The van der Waals surface area contributed by atoms with E-state index in [1.165, 1.54) is 18.9 Å². The molecule has 0 unspecified atom stereocenters. The van der Waals surface area contributed by atoms with Crippen molar-refractivity contribution in [2.45, 2.75) is 0 Å². The molecule has 0 rings (SSSR count). The third-order valence-electron chi connectivity index (χ3n) is 1.26. The van der Waals surface area contributed by atoms with E-state index in [2.05, 4.69) is 10.2 Å². The van der Waals surface area contributed by atoms with E-state index in [1.54, 1.807) is 31.4 Å². The van der Waals surface area contributed by atoms with Crippen LogP contribution in [0.1, 0.15) is 0 Å². The average molecular weight is 215 g/mol. The van der Waals surface area contributed by atoms with Crippen molar-refractivity contribution in [3.63, 3.8) is 0 Å². The molecule has 0 bridgehead atoms. The molecule has 0 spiro atoms. The van der Waals surface area contributed by atoms with Gasteiger partial charge in [0.15, 0.2) is 5.57 Å². The zero-order valence-electron chi connectivity index (χ0n) is 8.62. The van der Waals surface area contributed by atoms with E-state index in [4.69, 9.17) is 5.26 Å². The minimum absolute atomic E-state index is 0.0197. The third kappa shape index (κ3) is 3.68. The third-order valence-corrected chi connectivity index (χ3v) is 1.96. The van der Waals surface area contributed by atoms with Crippen molar-refractivity contribution in [2.75, 3.05) is 27.5 Å². The minimum atomic E-state index is -0.633. The SMILES string of the molecule is COC(=O)/C(C#N)=C(\NN(C)C)SC. The zero-order chi connectivity index (χ0) is 11.1. The molecule has 0 aliphatic carbocycles. The van der Waals surface area contributed by atoms with Gasteiger partial charge in [-0.05, 0) is 6.26 Å². The first-order valence-corrected chi connectivity index (χ1v) is 5.00. The molecule has 0 atom stereocenters. The van der Waals surface area contributed by atoms with Gasteiger partial charge < -0.3 is 10.2 Å². The fourth-order valence-corrected chi connectivity index (χ4v) is 1.30. The summed E-state index contributed by atoms with van der Waals surface area (Å²) < 4.78 is 4.48. The molecular weight excluding hydrogens is 202 g/mol. The molecular formula is C8H13N3O2S. The van der Waals surface area contributed by atoms with Crippen molar-refractivity contribution >= 4 is 17.7 Å². The molecule has 0 radical (unpaired) electrons. The fraction of sp³-hybridized carbons (Fsp3) is 0.500. The highest BCUT2D eigenvalue weighted by Gasteiger charge is 2.15. The Balaban J connectivity index is 4.94. The Morgan fingerprint density at radius 3 is 2.43 bits per heavy atom. The topological polar surface area (TPSA) is 65.4 Å². The van der Waals surface area contributed by atoms with Crippen LogP contribution in [0, 0.1) is 11.3 Å². The first-order chi connectivity index (χ1) is 6.56. The van der Waals surface area contributed by atoms with Gasteiger partial charge >= 0.3 is 5.97 Å². The Labute approximate surface area is 87.7 Å². The van der Waals surface area contributed by atoms with Gasteiger partial charge in [-0.25, -0.2) is 9.80 Å². The van der Waals surface area contributed by atoms with Crippen molar-refractivity contribution in [3.8, 4) is 6.07 Å². The van der Waals surface area contributed by atoms with Gasteiger partial charge in [0.05, 0.1) is 7.11 Å². The van der Waals surface area contributed by atoms with Crippen molar-refractivity contribution < 1.29 is 9.53 Å². The summed E-state index contributed by atoms with van der Waals surface area (Å²) in [6.45, 7) is 0. The number of esters is 1. The zero-order valence-corrected chi connectivity index (χ0v) is 9.44. The van der Waals surface area contributed by atoms with Crippen LogP contribution in [0.2, 0.25) is 0 Å². The smallest absolute Gasteiger partial charge is 0.351 e. The maximum absolute atomic E-state index is 11.2. The number of ether oxygens (including phenoxy) is 1. The quantitative estimate of drug-likeness (QED) is 0.315. The van der Waals surface area contributed by atoms with Crippen LogP contribution in [0.25, 0.3) is 0 Å². The summed E-state index contributed by atoms with van der Waals surface area (Å²) in [4.78, 5) is 11.2. The molecule has 0 aromatic rings. The fourth-order valence-electron chi connectivity index (χ4n) is 0.698. The first kappa shape index (κ1) is 12.8. The Bertz CT molecular complexity index is 281. The molecule has 1 N–H and O–H groups in total. The van der Waals surface area contributed by atoms with Crippen LogP contribution in [-0.2, 0) is 9.53 Å². The number of hydrazine groups is 1. The van der Waals surface area contributed by atoms with Gasteiger partial charge in [0, 0.05) is 14.1 Å². The summed E-state index contributed by atoms with van der Waals surface area (Å²) in [5, 5.41) is 10.9. The number of hydrogen-bond donors (Lipinski definition) is 1. The lowest BCUT2D eigenvalue weighted by Crippen LogP contribution is -2.30. The molecule has 5 nitrogen and oxygen atoms in total. The second kappa shape index (κ2) is 6.29. The molecule has 78 valence electrons. The maximum Gasteiger partial charge on any atom is 0.351 e. The van der Waals surface area contributed by atoms with Gasteiger partial charge in [0.25, 0.3) is 0 Å². The second-order valence-corrected chi connectivity index (χ2v) is 3.33. The number of thioether (sulfide) groups is 1. The predicted molar refractivity (Wildman–Crippen MR) is 55.0 cm³/mol. The minimum Gasteiger partial charge on any atom is -0.465 e. The largest absolute Gasteiger partial charge is 0.465 e. The summed E-state index contributed by atoms with van der Waals surface area (Å²) in [6.07, 6.45) is 1.77. The van der Waals surface area contributed by atoms with E-state index >= 15 is 0 Å². The monoisotopic (exact) mass is 215 g/mol. The molecule has 6 heteroatoms. The molecule has 0 amide bonds. The predicted octanol–water partition coefficient (Wildman–Crippen LogP) is 0.324. The number of nitrogens with one attached hydrogen (secondary N) is 1. The molecule has 0 saturated heterocycles. The van der Waals surface area contributed by atoms with E-state index in [0.717, 1.165) is 0 Å². The lowest BCUT2D eigenvalue weighted by atomic mass is 10.3. The Hall–Kier alpha value is -1.19. The first-order valence-electron chi connectivity index (χ1n) is 3.77. The van der Waals surface area contributed by atoms with Crippen molar-refractivity contribution in [1.29, 1.82) is 5.26 Å². The Morgan fingerprint density at radius 1 is 1.57 bits per heavy atom. The van der Waals surface area contributed by atoms with Crippen molar-refractivity contribution in [3.05, 3.63) is 10.6 Å². The molecule has 0 aliphatic heterocycles. The van der Waals surface area contributed by atoms with Crippen LogP contribution in [0.15, 0.2) is 10.6 Å². The Morgan fingerprint density at radius 2 is 2.14 bits per heavy atom. The normalized spacial score (nSPS) is 11.7. The summed E-state index contributed by atoms with van der Waals surface area (Å²) in [5.74, 6) is -0.633. The number of nitrogens with zero attached hydrogens (tertiary/aromatic N) is 2. The number of carbonyl (C=O) groups excluding carboxylic acids is 1. The van der Waals surface area contributed by atoms with E-state index in [1.807, 2.05) is 0 Å². The van der Waals surface area contributed by atoms with E-state index in [9.17, 15) is 4.79 Å². The second-order valence-electron chi connectivity index (χ2n) is 2.52. The van der Waals surface area contributed by atoms with Gasteiger partial charge in [-0.1, -0.05) is 0 Å². The van der Waals surface area contributed by atoms with Gasteiger partial charge in [0.2, 0.25) is 0 Å². The van der Waals surface area contributed by atoms with Gasteiger partial charge in [-0.2, -0.15) is 5.26 Å². The number of nitriles is 1. The summed E-state index contributed by atoms with van der Waals surface area (Å²) in [6, 6.07) is 1.80. The highest BCUT2D eigenvalue weighted by molar-refractivity contribution is 8.02. The standard InChI is InChI=1S/C8H13N3O2S/c1-11(2)10-7(14-4)6(5-9)8(12)13-3/h10H,1-4H3/b7-6+. The number of methoxy groups -OCH3 is 1. The van der Waals surface area contributed by atoms with E-state index < -0.39 is 5.97 Å². The molecule has 0 saturated carbocycles. The van der Waals surface area contributed by atoms with Crippen LogP contribution in [-0.4, -0.2) is 38.4 Å². The van der Waals surface area contributed by atoms with Crippen LogP contribution in [0.3, 0.4) is 0 Å². The van der Waals surface area contributed by atoms with Crippen LogP contribution < -0.4 is 5.43 Å². The summed E-state index contributed by atoms with van der Waals surface area (Å²) >= 11 is 1.28. The van der Waals surface area contributed by atoms with Crippen molar-refractivity contribution in [2.24, 2.45) is 0 Å². The average Bonchev–Trinajstić information content (AvgIpc) is 2.16. The lowest BCUT2D eigenvalue weighted by molar-refractivity contribution is -0.135. The lowest BCUT2D eigenvalue weighted by Gasteiger charge is -2.15. The molecule has 0 aromatic heterocycles. The Kier molecular flexibility index (Phi) is 5.76. The maximum atomic E-state index is 11.2. The molecule has 0 aromatic carbocycles. The molecule has 14 heavy (non-hydrogen) atoms. The van der Waals surface area contributed by atoms with Crippen LogP contribution in [0.5, 0.6) is 0 Å². The van der Waals surface area contributed by atoms with E-state index in [-0.39, 0.29) is 5.57 Å². The van der Waals surface area contributed by atoms with E-state index in [0.29, 0.717) is 5.03 Å². The number of rotatable bonds is 4. The van der Waals surface area contributed by atoms with Crippen LogP contribution >= 0.6 is 11.8 Å². The summed E-state index contributed by atoms with van der Waals surface area (Å²) in [7, 11) is 4.78. The molecule has 0 heterocycles. The molecule has 0 aliphatic rings. The highest BCUT2D eigenvalue weighted by atomic mass is 32.2. The van der Waals surface area contributed by atoms with Gasteiger partial charge in [-0.15, -0.1) is 11.8 Å². The van der Waals surface area contributed by atoms with Gasteiger partial charge in [0.1, 0.15) is 11.1 Å². The van der Waals surface area contributed by atoms with Crippen molar-refractivity contribution in [1.82, 2.24) is 10.4 Å². The summed E-state index contributed by atoms with van der Waals surface area (Å²) in [5.41, 5.74) is 2.83. The van der Waals surface area contributed by atoms with Gasteiger partial charge in [-0.3, -0.25) is 0 Å². The van der Waals surface area contributed by atoms with Crippen LogP contribution in [0.4, 0.5) is 0 Å². The molecule has 0 fully saturated rings. The number of carbonyl (C=O) groups is 1.